The Labute approximate surface area is 234 Å². The predicted molar refractivity (Wildman–Crippen MR) is 159 cm³/mol. The fourth-order valence-electron chi connectivity index (χ4n) is 4.89. The molecule has 0 saturated carbocycles. The minimum Gasteiger partial charge on any atom is -0.481 e. The first kappa shape index (κ1) is 26.7. The molecular weight excluding hydrogens is 496 g/mol. The number of ketones is 1. The zero-order valence-corrected chi connectivity index (χ0v) is 22.5. The van der Waals surface area contributed by atoms with Crippen LogP contribution in [0.15, 0.2) is 116 Å². The molecule has 2 heterocycles. The zero-order chi connectivity index (χ0) is 27.9. The second kappa shape index (κ2) is 12.3. The van der Waals surface area contributed by atoms with Gasteiger partial charge in [0.1, 0.15) is 0 Å². The van der Waals surface area contributed by atoms with E-state index < -0.39 is 5.97 Å². The van der Waals surface area contributed by atoms with Crippen molar-refractivity contribution in [3.8, 4) is 11.1 Å². The summed E-state index contributed by atoms with van der Waals surface area (Å²) < 4.78 is 4.08. The highest BCUT2D eigenvalue weighted by molar-refractivity contribution is 6.08. The number of hydrogen-bond donors (Lipinski definition) is 1. The summed E-state index contributed by atoms with van der Waals surface area (Å²) in [6.07, 6.45) is 10.8. The smallest absolute Gasteiger partial charge is 0.303 e. The first-order valence-electron chi connectivity index (χ1n) is 13.4. The van der Waals surface area contributed by atoms with Gasteiger partial charge in [0.15, 0.2) is 0 Å². The molecule has 0 radical (unpaired) electrons. The average Bonchev–Trinajstić information content (AvgIpc) is 3.60. The molecule has 0 bridgehead atoms. The van der Waals surface area contributed by atoms with Gasteiger partial charge in [-0.25, -0.2) is 0 Å². The minimum absolute atomic E-state index is 0.00861. The molecule has 0 atom stereocenters. The molecule has 0 spiro atoms. The summed E-state index contributed by atoms with van der Waals surface area (Å²) in [6.45, 7) is 3.30. The number of carboxylic acids is 1. The van der Waals surface area contributed by atoms with Crippen LogP contribution in [0.3, 0.4) is 0 Å². The largest absolute Gasteiger partial charge is 0.481 e. The van der Waals surface area contributed by atoms with Crippen molar-refractivity contribution >= 4 is 17.8 Å². The Kier molecular flexibility index (Phi) is 8.21. The van der Waals surface area contributed by atoms with Crippen LogP contribution in [-0.2, 0) is 24.3 Å². The third-order valence-electron chi connectivity index (χ3n) is 6.96. The number of aryl methyl sites for hydroxylation is 2. The van der Waals surface area contributed by atoms with E-state index in [1.54, 1.807) is 0 Å². The van der Waals surface area contributed by atoms with E-state index >= 15 is 0 Å². The molecule has 0 fully saturated rings. The molecule has 2 aromatic heterocycles. The molecule has 5 aromatic rings. The number of carbonyl (C=O) groups excluding carboxylic acids is 1. The minimum atomic E-state index is -0.802. The van der Waals surface area contributed by atoms with Gasteiger partial charge in [-0.05, 0) is 53.8 Å². The Bertz CT molecular complexity index is 1640. The van der Waals surface area contributed by atoms with E-state index in [4.69, 9.17) is 0 Å². The van der Waals surface area contributed by atoms with E-state index in [0.29, 0.717) is 24.2 Å². The fourth-order valence-corrected chi connectivity index (χ4v) is 4.89. The lowest BCUT2D eigenvalue weighted by Crippen LogP contribution is -2.09. The summed E-state index contributed by atoms with van der Waals surface area (Å²) in [5.41, 5.74) is 7.80. The maximum absolute atomic E-state index is 13.0. The summed E-state index contributed by atoms with van der Waals surface area (Å²) in [5.74, 6) is -0.794. The molecule has 5 rings (SSSR count). The molecular formula is C35H32N2O3. The predicted octanol–water partition coefficient (Wildman–Crippen LogP) is 7.27. The number of aromatic nitrogens is 2. The van der Waals surface area contributed by atoms with Crippen molar-refractivity contribution < 1.29 is 14.7 Å². The van der Waals surface area contributed by atoms with E-state index in [2.05, 4.69) is 53.4 Å². The Morgan fingerprint density at radius 1 is 0.875 bits per heavy atom. The Morgan fingerprint density at radius 3 is 2.45 bits per heavy atom. The van der Waals surface area contributed by atoms with Gasteiger partial charge >= 0.3 is 5.97 Å². The molecule has 40 heavy (non-hydrogen) atoms. The van der Waals surface area contributed by atoms with Crippen LogP contribution in [-0.4, -0.2) is 26.0 Å². The molecule has 200 valence electrons. The van der Waals surface area contributed by atoms with Gasteiger partial charge in [-0.1, -0.05) is 90.5 Å². The van der Waals surface area contributed by atoms with Gasteiger partial charge in [-0.15, -0.1) is 0 Å². The third kappa shape index (κ3) is 6.56. The molecule has 0 aliphatic carbocycles. The molecule has 0 unspecified atom stereocenters. The van der Waals surface area contributed by atoms with E-state index in [1.165, 1.54) is 5.56 Å². The number of carbonyl (C=O) groups is 2. The Hall–Kier alpha value is -4.90. The highest BCUT2D eigenvalue weighted by Crippen LogP contribution is 2.28. The van der Waals surface area contributed by atoms with Crippen molar-refractivity contribution in [2.24, 2.45) is 0 Å². The monoisotopic (exact) mass is 528 g/mol. The summed E-state index contributed by atoms with van der Waals surface area (Å²) in [5, 5.41) is 9.29. The van der Waals surface area contributed by atoms with Gasteiger partial charge in [0.2, 0.25) is 5.78 Å². The Morgan fingerprint density at radius 2 is 1.68 bits per heavy atom. The van der Waals surface area contributed by atoms with Crippen LogP contribution in [0.5, 0.6) is 0 Å². The normalized spacial score (nSPS) is 11.2. The van der Waals surface area contributed by atoms with Crippen LogP contribution >= 0.6 is 0 Å². The molecule has 0 saturated heterocycles. The summed E-state index contributed by atoms with van der Waals surface area (Å²) in [4.78, 5) is 24.3. The number of nitrogens with zero attached hydrogens (tertiary/aromatic N) is 2. The van der Waals surface area contributed by atoms with Gasteiger partial charge in [0.05, 0.1) is 5.69 Å². The number of carboxylic acid groups (broad SMARTS) is 1. The lowest BCUT2D eigenvalue weighted by atomic mass is 9.99. The Balaban J connectivity index is 1.34. The second-order valence-electron chi connectivity index (χ2n) is 10.0. The van der Waals surface area contributed by atoms with Gasteiger partial charge in [0, 0.05) is 49.2 Å². The number of allylic oxidation sites excluding steroid dienone is 1. The highest BCUT2D eigenvalue weighted by atomic mass is 16.4. The van der Waals surface area contributed by atoms with E-state index in [-0.39, 0.29) is 12.2 Å². The van der Waals surface area contributed by atoms with Crippen LogP contribution in [0.25, 0.3) is 17.2 Å². The lowest BCUT2D eigenvalue weighted by molar-refractivity contribution is -0.136. The number of benzene rings is 3. The van der Waals surface area contributed by atoms with Crippen molar-refractivity contribution in [2.75, 3.05) is 0 Å². The van der Waals surface area contributed by atoms with Crippen molar-refractivity contribution in [2.45, 2.75) is 32.9 Å². The molecule has 1 N–H and O–H groups in total. The second-order valence-corrected chi connectivity index (χ2v) is 10.0. The molecule has 0 aliphatic rings. The number of aliphatic carboxylic acids is 1. The van der Waals surface area contributed by atoms with E-state index in [1.807, 2.05) is 84.4 Å². The van der Waals surface area contributed by atoms with Crippen molar-refractivity contribution in [3.63, 3.8) is 0 Å². The molecule has 0 amide bonds. The van der Waals surface area contributed by atoms with Crippen molar-refractivity contribution in [1.29, 1.82) is 0 Å². The van der Waals surface area contributed by atoms with Crippen LogP contribution in [0.2, 0.25) is 0 Å². The van der Waals surface area contributed by atoms with Crippen molar-refractivity contribution in [1.82, 2.24) is 9.13 Å². The first-order chi connectivity index (χ1) is 19.5. The maximum Gasteiger partial charge on any atom is 0.303 e. The number of rotatable bonds is 11. The topological polar surface area (TPSA) is 64.2 Å². The molecule has 3 aromatic carbocycles. The maximum atomic E-state index is 13.0. The third-order valence-corrected chi connectivity index (χ3v) is 6.96. The number of hydrogen-bond acceptors (Lipinski definition) is 2. The van der Waals surface area contributed by atoms with Gasteiger partial charge in [-0.3, -0.25) is 9.59 Å². The molecule has 5 nitrogen and oxygen atoms in total. The SMILES string of the molecule is Cc1ccc(C(=O)c2cccn2C/C=C/c2cccc(-c3cn(Cc4ccccc4)cc3CCC(=O)O)c2)cc1. The average molecular weight is 529 g/mol. The van der Waals surface area contributed by atoms with Gasteiger partial charge < -0.3 is 14.2 Å². The van der Waals surface area contributed by atoms with Crippen LogP contribution < -0.4 is 0 Å². The van der Waals surface area contributed by atoms with Gasteiger partial charge in [-0.2, -0.15) is 0 Å². The highest BCUT2D eigenvalue weighted by Gasteiger charge is 2.13. The summed E-state index contributed by atoms with van der Waals surface area (Å²) in [6, 6.07) is 29.9. The quantitative estimate of drug-likeness (QED) is 0.183. The van der Waals surface area contributed by atoms with Crippen molar-refractivity contribution in [3.05, 3.63) is 149 Å². The molecule has 5 heteroatoms. The zero-order valence-electron chi connectivity index (χ0n) is 22.5. The standard InChI is InChI=1S/C35H32N2O3/c1-26-14-16-29(17-15-26)35(40)33-13-7-21-37(33)20-6-11-27-10-5-12-30(22-27)32-25-36(23-28-8-3-2-4-9-28)24-31(32)18-19-34(38)39/h2-17,21-22,24-25H,18-20,23H2,1H3,(H,38,39)/b11-6+. The van der Waals surface area contributed by atoms with E-state index in [0.717, 1.165) is 34.4 Å². The van der Waals surface area contributed by atoms with Crippen LogP contribution in [0.1, 0.15) is 44.7 Å². The fraction of sp³-hybridized carbons (Fsp3) is 0.143. The van der Waals surface area contributed by atoms with Crippen LogP contribution in [0.4, 0.5) is 0 Å². The molecule has 0 aliphatic heterocycles. The van der Waals surface area contributed by atoms with Gasteiger partial charge in [0.25, 0.3) is 0 Å². The summed E-state index contributed by atoms with van der Waals surface area (Å²) >= 11 is 0. The van der Waals surface area contributed by atoms with Crippen LogP contribution in [0, 0.1) is 6.92 Å². The first-order valence-corrected chi connectivity index (χ1v) is 13.4. The van der Waals surface area contributed by atoms with E-state index in [9.17, 15) is 14.7 Å². The summed E-state index contributed by atoms with van der Waals surface area (Å²) in [7, 11) is 0. The lowest BCUT2D eigenvalue weighted by Gasteiger charge is -2.07.